The molecule has 0 radical (unpaired) electrons. The van der Waals surface area contributed by atoms with Gasteiger partial charge in [-0.2, -0.15) is 0 Å². The zero-order valence-corrected chi connectivity index (χ0v) is 12.1. The Balaban J connectivity index is 2.51. The zero-order valence-electron chi connectivity index (χ0n) is 11.3. The van der Waals surface area contributed by atoms with Crippen LogP contribution in [0.1, 0.15) is 40.6 Å². The van der Waals surface area contributed by atoms with Crippen LogP contribution >= 0.6 is 11.3 Å². The molecule has 4 N–H and O–H groups in total. The Morgan fingerprint density at radius 1 is 1.47 bits per heavy atom. The van der Waals surface area contributed by atoms with Crippen molar-refractivity contribution < 1.29 is 14.7 Å². The van der Waals surface area contributed by atoms with Crippen molar-refractivity contribution in [3.05, 3.63) is 15.6 Å². The number of rotatable bonds is 6. The average Bonchev–Trinajstić information content (AvgIpc) is 2.68. The van der Waals surface area contributed by atoms with Gasteiger partial charge >= 0.3 is 5.97 Å². The van der Waals surface area contributed by atoms with Crippen molar-refractivity contribution >= 4 is 23.2 Å². The molecular weight excluding hydrogens is 266 g/mol. The van der Waals surface area contributed by atoms with E-state index in [2.05, 4.69) is 10.3 Å². The number of carbonyl (C=O) groups is 2. The second-order valence-corrected chi connectivity index (χ2v) is 5.80. The first-order valence-corrected chi connectivity index (χ1v) is 6.84. The van der Waals surface area contributed by atoms with Crippen molar-refractivity contribution in [1.29, 1.82) is 0 Å². The van der Waals surface area contributed by atoms with E-state index in [1.165, 1.54) is 0 Å². The molecule has 1 aromatic rings. The number of aryl methyl sites for hydroxylation is 1. The first kappa shape index (κ1) is 15.6. The van der Waals surface area contributed by atoms with E-state index < -0.39 is 5.97 Å². The molecule has 1 rings (SSSR count). The molecule has 0 saturated heterocycles. The number of carbonyl (C=O) groups excluding carboxylic acids is 1. The summed E-state index contributed by atoms with van der Waals surface area (Å²) in [6, 6.07) is -0.174. The molecule has 1 amide bonds. The quantitative estimate of drug-likeness (QED) is 0.727. The van der Waals surface area contributed by atoms with Crippen LogP contribution in [0.15, 0.2) is 0 Å². The molecule has 1 heterocycles. The van der Waals surface area contributed by atoms with Crippen LogP contribution in [0, 0.1) is 12.8 Å². The fourth-order valence-electron chi connectivity index (χ4n) is 1.42. The zero-order chi connectivity index (χ0) is 14.6. The number of hydrogen-bond donors (Lipinski definition) is 3. The Bertz CT molecular complexity index is 471. The molecule has 0 saturated carbocycles. The lowest BCUT2D eigenvalue weighted by Gasteiger charge is -2.14. The van der Waals surface area contributed by atoms with Crippen molar-refractivity contribution in [2.24, 2.45) is 11.7 Å². The first-order chi connectivity index (χ1) is 8.81. The number of hydrogen-bond acceptors (Lipinski definition) is 5. The van der Waals surface area contributed by atoms with Crippen molar-refractivity contribution in [3.8, 4) is 0 Å². The lowest BCUT2D eigenvalue weighted by molar-refractivity contribution is -0.121. The number of amides is 1. The van der Waals surface area contributed by atoms with Crippen molar-refractivity contribution in [2.45, 2.75) is 39.8 Å². The fourth-order valence-corrected chi connectivity index (χ4v) is 2.27. The third kappa shape index (κ3) is 4.60. The summed E-state index contributed by atoms with van der Waals surface area (Å²) in [5.41, 5.74) is 6.28. The van der Waals surface area contributed by atoms with Crippen molar-refractivity contribution in [2.75, 3.05) is 0 Å². The van der Waals surface area contributed by atoms with Crippen LogP contribution in [0.2, 0.25) is 0 Å². The lowest BCUT2D eigenvalue weighted by atomic mass is 10.0. The molecule has 0 aromatic carbocycles. The van der Waals surface area contributed by atoms with Gasteiger partial charge in [0, 0.05) is 12.5 Å². The Labute approximate surface area is 116 Å². The number of aromatic carboxylic acids is 1. The Kier molecular flexibility index (Phi) is 5.44. The molecule has 6 nitrogen and oxygen atoms in total. The number of nitrogens with zero attached hydrogens (tertiary/aromatic N) is 1. The summed E-state index contributed by atoms with van der Waals surface area (Å²) < 4.78 is 0. The smallest absolute Gasteiger partial charge is 0.347 e. The number of carboxylic acid groups (broad SMARTS) is 1. The van der Waals surface area contributed by atoms with Gasteiger partial charge in [0.2, 0.25) is 5.91 Å². The summed E-state index contributed by atoms with van der Waals surface area (Å²) in [6.45, 7) is 5.80. The van der Waals surface area contributed by atoms with Crippen LogP contribution in [-0.2, 0) is 11.3 Å². The normalized spacial score (nSPS) is 12.5. The molecule has 1 aromatic heterocycles. The molecule has 1 atom stereocenters. The predicted molar refractivity (Wildman–Crippen MR) is 73.1 cm³/mol. The minimum Gasteiger partial charge on any atom is -0.477 e. The van der Waals surface area contributed by atoms with Gasteiger partial charge in [-0.25, -0.2) is 9.78 Å². The summed E-state index contributed by atoms with van der Waals surface area (Å²) in [6.07, 6.45) is 0.258. The lowest BCUT2D eigenvalue weighted by Crippen LogP contribution is -2.34. The number of nitrogens with two attached hydrogens (primary N) is 1. The van der Waals surface area contributed by atoms with Crippen LogP contribution in [0.5, 0.6) is 0 Å². The Morgan fingerprint density at radius 3 is 2.58 bits per heavy atom. The third-order valence-corrected chi connectivity index (χ3v) is 3.89. The van der Waals surface area contributed by atoms with Crippen LogP contribution in [0.3, 0.4) is 0 Å². The molecule has 1 unspecified atom stereocenters. The molecule has 0 aliphatic heterocycles. The second kappa shape index (κ2) is 6.63. The van der Waals surface area contributed by atoms with Gasteiger partial charge < -0.3 is 16.2 Å². The third-order valence-electron chi connectivity index (χ3n) is 2.75. The topological polar surface area (TPSA) is 105 Å². The van der Waals surface area contributed by atoms with Crippen LogP contribution in [-0.4, -0.2) is 28.0 Å². The van der Waals surface area contributed by atoms with Crippen LogP contribution in [0.25, 0.3) is 0 Å². The highest BCUT2D eigenvalue weighted by molar-refractivity contribution is 7.13. The van der Waals surface area contributed by atoms with Crippen LogP contribution < -0.4 is 11.1 Å². The van der Waals surface area contributed by atoms with Gasteiger partial charge in [0.05, 0.1) is 12.2 Å². The molecule has 0 bridgehead atoms. The molecular formula is C12H19N3O3S. The SMILES string of the molecule is Cc1nc(CNC(=O)CC(N)C(C)C)sc1C(=O)O. The second-order valence-electron chi connectivity index (χ2n) is 4.72. The van der Waals surface area contributed by atoms with E-state index >= 15 is 0 Å². The number of carboxylic acids is 1. The number of aromatic nitrogens is 1. The maximum atomic E-state index is 11.6. The van der Waals surface area contributed by atoms with E-state index in [0.29, 0.717) is 10.7 Å². The predicted octanol–water partition coefficient (Wildman–Crippen LogP) is 1.14. The standard InChI is InChI=1S/C12H19N3O3S/c1-6(2)8(13)4-9(16)14-5-10-15-7(3)11(19-10)12(17)18/h6,8H,4-5,13H2,1-3H3,(H,14,16)(H,17,18). The van der Waals surface area contributed by atoms with Gasteiger partial charge in [-0.15, -0.1) is 11.3 Å². The molecule has 7 heteroatoms. The number of thiazole rings is 1. The highest BCUT2D eigenvalue weighted by Gasteiger charge is 2.16. The molecule has 0 fully saturated rings. The first-order valence-electron chi connectivity index (χ1n) is 6.03. The summed E-state index contributed by atoms with van der Waals surface area (Å²) >= 11 is 1.08. The van der Waals surface area contributed by atoms with E-state index in [9.17, 15) is 9.59 Å². The minimum atomic E-state index is -0.991. The van der Waals surface area contributed by atoms with E-state index in [-0.39, 0.29) is 35.7 Å². The van der Waals surface area contributed by atoms with Gasteiger partial charge in [0.1, 0.15) is 9.88 Å². The van der Waals surface area contributed by atoms with Gasteiger partial charge in [-0.3, -0.25) is 4.79 Å². The monoisotopic (exact) mass is 285 g/mol. The van der Waals surface area contributed by atoms with E-state index in [1.54, 1.807) is 6.92 Å². The molecule has 0 spiro atoms. The summed E-state index contributed by atoms with van der Waals surface area (Å²) in [5, 5.41) is 12.2. The van der Waals surface area contributed by atoms with Crippen molar-refractivity contribution in [1.82, 2.24) is 10.3 Å². The summed E-state index contributed by atoms with van der Waals surface area (Å²) in [4.78, 5) is 26.8. The maximum Gasteiger partial charge on any atom is 0.347 e. The van der Waals surface area contributed by atoms with Crippen LogP contribution in [0.4, 0.5) is 0 Å². The van der Waals surface area contributed by atoms with Gasteiger partial charge in [-0.05, 0) is 12.8 Å². The van der Waals surface area contributed by atoms with Gasteiger partial charge in [0.15, 0.2) is 0 Å². The Morgan fingerprint density at radius 2 is 2.11 bits per heavy atom. The van der Waals surface area contributed by atoms with E-state index in [1.807, 2.05) is 13.8 Å². The van der Waals surface area contributed by atoms with Gasteiger partial charge in [-0.1, -0.05) is 13.8 Å². The van der Waals surface area contributed by atoms with E-state index in [4.69, 9.17) is 10.8 Å². The molecule has 0 aliphatic carbocycles. The highest BCUT2D eigenvalue weighted by atomic mass is 32.1. The minimum absolute atomic E-state index is 0.147. The summed E-state index contributed by atoms with van der Waals surface area (Å²) in [5.74, 6) is -0.896. The van der Waals surface area contributed by atoms with Gasteiger partial charge in [0.25, 0.3) is 0 Å². The average molecular weight is 285 g/mol. The molecule has 0 aliphatic rings. The van der Waals surface area contributed by atoms with E-state index in [0.717, 1.165) is 11.3 Å². The molecule has 19 heavy (non-hydrogen) atoms. The Hall–Kier alpha value is -1.47. The largest absolute Gasteiger partial charge is 0.477 e. The number of nitrogens with one attached hydrogen (secondary N) is 1. The summed E-state index contributed by atoms with van der Waals surface area (Å²) in [7, 11) is 0. The molecule has 106 valence electrons. The van der Waals surface area contributed by atoms with Crippen molar-refractivity contribution in [3.63, 3.8) is 0 Å². The highest BCUT2D eigenvalue weighted by Crippen LogP contribution is 2.17. The maximum absolute atomic E-state index is 11.6. The fraction of sp³-hybridized carbons (Fsp3) is 0.583.